The molecule has 12 heteroatoms. The summed E-state index contributed by atoms with van der Waals surface area (Å²) in [6.45, 7) is 0. The maximum Gasteiger partial charge on any atom is 0.422 e. The SMILES string of the molecule is Fc1c(F)c(C(F)(F)F)c(F)c(F)c1NNc1ccc(C(F)(F)F)cc1. The maximum atomic E-state index is 13.6. The highest BCUT2D eigenvalue weighted by Gasteiger charge is 2.42. The van der Waals surface area contributed by atoms with Crippen LogP contribution in [-0.2, 0) is 12.4 Å². The average Bonchev–Trinajstić information content (AvgIpc) is 2.51. The van der Waals surface area contributed by atoms with E-state index >= 15 is 0 Å². The third-order valence-corrected chi connectivity index (χ3v) is 3.09. The molecule has 0 bridgehead atoms. The molecule has 2 rings (SSSR count). The molecule has 2 aromatic carbocycles. The van der Waals surface area contributed by atoms with Crippen LogP contribution in [0.15, 0.2) is 24.3 Å². The van der Waals surface area contributed by atoms with Crippen molar-refractivity contribution in [3.05, 3.63) is 58.7 Å². The predicted octanol–water partition coefficient (Wildman–Crippen LogP) is 5.72. The summed E-state index contributed by atoms with van der Waals surface area (Å²) >= 11 is 0. The van der Waals surface area contributed by atoms with Crippen LogP contribution >= 0.6 is 0 Å². The highest BCUT2D eigenvalue weighted by molar-refractivity contribution is 5.56. The number of halogens is 10. The summed E-state index contributed by atoms with van der Waals surface area (Å²) < 4.78 is 129. The van der Waals surface area contributed by atoms with Crippen LogP contribution < -0.4 is 10.9 Å². The number of nitrogens with one attached hydrogen (secondary N) is 2. The van der Waals surface area contributed by atoms with E-state index in [-0.39, 0.29) is 5.69 Å². The molecule has 0 unspecified atom stereocenters. The number of anilines is 2. The van der Waals surface area contributed by atoms with E-state index in [9.17, 15) is 43.9 Å². The van der Waals surface area contributed by atoms with Gasteiger partial charge in [-0.15, -0.1) is 0 Å². The van der Waals surface area contributed by atoms with Crippen molar-refractivity contribution in [1.82, 2.24) is 0 Å². The van der Waals surface area contributed by atoms with Crippen LogP contribution in [0.25, 0.3) is 0 Å². The first-order valence-corrected chi connectivity index (χ1v) is 6.46. The Kier molecular flexibility index (Phi) is 4.97. The normalized spacial score (nSPS) is 12.2. The van der Waals surface area contributed by atoms with Crippen LogP contribution in [0, 0.1) is 23.3 Å². The molecule has 0 atom stereocenters. The van der Waals surface area contributed by atoms with Crippen molar-refractivity contribution in [2.24, 2.45) is 0 Å². The lowest BCUT2D eigenvalue weighted by atomic mass is 10.1. The van der Waals surface area contributed by atoms with Crippen LogP contribution in [0.4, 0.5) is 55.3 Å². The molecule has 0 heterocycles. The Labute approximate surface area is 138 Å². The zero-order valence-corrected chi connectivity index (χ0v) is 12.1. The first kappa shape index (κ1) is 19.7. The van der Waals surface area contributed by atoms with Gasteiger partial charge >= 0.3 is 12.4 Å². The van der Waals surface area contributed by atoms with E-state index in [0.29, 0.717) is 12.1 Å². The molecule has 0 saturated heterocycles. The van der Waals surface area contributed by atoms with E-state index in [4.69, 9.17) is 0 Å². The summed E-state index contributed by atoms with van der Waals surface area (Å²) in [6.07, 6.45) is -10.3. The molecule has 0 fully saturated rings. The van der Waals surface area contributed by atoms with Gasteiger partial charge in [0.1, 0.15) is 11.3 Å². The fourth-order valence-electron chi connectivity index (χ4n) is 1.87. The van der Waals surface area contributed by atoms with E-state index in [0.717, 1.165) is 12.1 Å². The molecule has 2 N–H and O–H groups in total. The fourth-order valence-corrected chi connectivity index (χ4v) is 1.87. The van der Waals surface area contributed by atoms with Gasteiger partial charge in [-0.2, -0.15) is 26.3 Å². The molecule has 0 saturated carbocycles. The number of hydrazine groups is 1. The van der Waals surface area contributed by atoms with E-state index in [2.05, 4.69) is 0 Å². The molecule has 0 amide bonds. The van der Waals surface area contributed by atoms with Crippen molar-refractivity contribution in [2.75, 3.05) is 10.9 Å². The molecule has 0 aliphatic carbocycles. The second-order valence-electron chi connectivity index (χ2n) is 4.83. The molecule has 26 heavy (non-hydrogen) atoms. The minimum Gasteiger partial charge on any atom is -0.301 e. The predicted molar refractivity (Wildman–Crippen MR) is 70.0 cm³/mol. The third-order valence-electron chi connectivity index (χ3n) is 3.09. The fraction of sp³-hybridized carbons (Fsp3) is 0.143. The molecular weight excluding hydrogens is 386 g/mol. The van der Waals surface area contributed by atoms with Crippen molar-refractivity contribution in [3.8, 4) is 0 Å². The van der Waals surface area contributed by atoms with Gasteiger partial charge in [0.25, 0.3) is 0 Å². The molecule has 0 radical (unpaired) electrons. The highest BCUT2D eigenvalue weighted by Crippen LogP contribution is 2.38. The van der Waals surface area contributed by atoms with Gasteiger partial charge in [-0.25, -0.2) is 17.6 Å². The van der Waals surface area contributed by atoms with Gasteiger partial charge in [0.15, 0.2) is 23.3 Å². The third kappa shape index (κ3) is 3.78. The molecule has 0 spiro atoms. The zero-order valence-electron chi connectivity index (χ0n) is 12.1. The van der Waals surface area contributed by atoms with Gasteiger partial charge in [-0.3, -0.25) is 5.43 Å². The van der Waals surface area contributed by atoms with E-state index in [1.807, 2.05) is 5.43 Å². The topological polar surface area (TPSA) is 24.1 Å². The summed E-state index contributed by atoms with van der Waals surface area (Å²) in [5, 5.41) is 0. The Morgan fingerprint density at radius 3 is 1.42 bits per heavy atom. The van der Waals surface area contributed by atoms with Crippen LogP contribution in [-0.4, -0.2) is 0 Å². The lowest BCUT2D eigenvalue weighted by molar-refractivity contribution is -0.143. The Balaban J connectivity index is 2.31. The van der Waals surface area contributed by atoms with Gasteiger partial charge in [-0.1, -0.05) is 0 Å². The smallest absolute Gasteiger partial charge is 0.301 e. The van der Waals surface area contributed by atoms with Gasteiger partial charge < -0.3 is 5.43 Å². The van der Waals surface area contributed by atoms with E-state index in [1.165, 1.54) is 0 Å². The number of hydrogen-bond acceptors (Lipinski definition) is 2. The first-order valence-electron chi connectivity index (χ1n) is 6.46. The Bertz CT molecular complexity index is 779. The van der Waals surface area contributed by atoms with Crippen molar-refractivity contribution in [1.29, 1.82) is 0 Å². The monoisotopic (exact) mass is 392 g/mol. The second-order valence-corrected chi connectivity index (χ2v) is 4.83. The van der Waals surface area contributed by atoms with Gasteiger partial charge in [0.2, 0.25) is 0 Å². The van der Waals surface area contributed by atoms with Crippen LogP contribution in [0.3, 0.4) is 0 Å². The van der Waals surface area contributed by atoms with Crippen LogP contribution in [0.2, 0.25) is 0 Å². The standard InChI is InChI=1S/C14H6F10N2/c15-8-7(14(22,23)24)9(16)11(18)12(10(8)17)26-25-6-3-1-5(2-4-6)13(19,20)21/h1-4,25-26H. The summed E-state index contributed by atoms with van der Waals surface area (Å²) in [5.41, 5.74) is -2.12. The summed E-state index contributed by atoms with van der Waals surface area (Å²) in [6, 6.07) is 2.79. The van der Waals surface area contributed by atoms with Crippen molar-refractivity contribution >= 4 is 11.4 Å². The second kappa shape index (κ2) is 6.57. The number of benzene rings is 2. The van der Waals surface area contributed by atoms with Crippen molar-refractivity contribution in [2.45, 2.75) is 12.4 Å². The molecule has 0 aliphatic rings. The number of alkyl halides is 6. The number of rotatable bonds is 3. The van der Waals surface area contributed by atoms with Crippen molar-refractivity contribution in [3.63, 3.8) is 0 Å². The molecule has 142 valence electrons. The van der Waals surface area contributed by atoms with Crippen LogP contribution in [0.5, 0.6) is 0 Å². The molecule has 2 nitrogen and oxygen atoms in total. The Morgan fingerprint density at radius 1 is 0.577 bits per heavy atom. The van der Waals surface area contributed by atoms with Crippen LogP contribution in [0.1, 0.15) is 11.1 Å². The minimum absolute atomic E-state index is 0.225. The summed E-state index contributed by atoms with van der Waals surface area (Å²) in [4.78, 5) is 0. The molecule has 2 aromatic rings. The largest absolute Gasteiger partial charge is 0.422 e. The maximum absolute atomic E-state index is 13.6. The molecule has 0 aromatic heterocycles. The van der Waals surface area contributed by atoms with E-state index < -0.39 is 52.4 Å². The summed E-state index contributed by atoms with van der Waals surface area (Å²) in [7, 11) is 0. The highest BCUT2D eigenvalue weighted by atomic mass is 19.4. The number of hydrogen-bond donors (Lipinski definition) is 2. The van der Waals surface area contributed by atoms with Gasteiger partial charge in [-0.05, 0) is 24.3 Å². The first-order chi connectivity index (χ1) is 11.8. The van der Waals surface area contributed by atoms with Crippen molar-refractivity contribution < 1.29 is 43.9 Å². The molecular formula is C14H6F10N2. The minimum atomic E-state index is -5.69. The molecule has 0 aliphatic heterocycles. The Morgan fingerprint density at radius 2 is 1.04 bits per heavy atom. The lowest BCUT2D eigenvalue weighted by Gasteiger charge is -2.16. The quantitative estimate of drug-likeness (QED) is 0.397. The van der Waals surface area contributed by atoms with E-state index in [1.54, 1.807) is 5.43 Å². The zero-order chi connectivity index (χ0) is 19.9. The average molecular weight is 392 g/mol. The lowest BCUT2D eigenvalue weighted by Crippen LogP contribution is -2.19. The summed E-state index contributed by atoms with van der Waals surface area (Å²) in [5.74, 6) is -10.1. The van der Waals surface area contributed by atoms with Gasteiger partial charge in [0, 0.05) is 0 Å². The Hall–Kier alpha value is -2.66. The van der Waals surface area contributed by atoms with Gasteiger partial charge in [0.05, 0.1) is 11.3 Å².